The molecule has 1 aromatic heterocycles. The Hall–Kier alpha value is -2.82. The lowest BCUT2D eigenvalue weighted by molar-refractivity contribution is 0.454. The molecule has 0 aliphatic rings. The summed E-state index contributed by atoms with van der Waals surface area (Å²) in [5.41, 5.74) is 9.27. The van der Waals surface area contributed by atoms with Gasteiger partial charge in [-0.05, 0) is 61.4 Å². The van der Waals surface area contributed by atoms with E-state index in [1.54, 1.807) is 29.1 Å². The highest BCUT2D eigenvalue weighted by molar-refractivity contribution is 5.54. The quantitative estimate of drug-likeness (QED) is 0.743. The van der Waals surface area contributed by atoms with Crippen molar-refractivity contribution in [3.05, 3.63) is 65.6 Å². The fraction of sp³-hybridized carbons (Fsp3) is 0.118. The highest BCUT2D eigenvalue weighted by Gasteiger charge is 2.08. The SMILES string of the molecule is Cc1cc(Oc2ccn(-c3ccc(F)cc3)n2)c(C)cc1N. The van der Waals surface area contributed by atoms with Crippen LogP contribution in [0, 0.1) is 19.7 Å². The van der Waals surface area contributed by atoms with E-state index < -0.39 is 0 Å². The van der Waals surface area contributed by atoms with Gasteiger partial charge in [0.05, 0.1) is 5.69 Å². The van der Waals surface area contributed by atoms with Crippen LogP contribution in [0.5, 0.6) is 11.6 Å². The highest BCUT2D eigenvalue weighted by Crippen LogP contribution is 2.28. The first-order valence-electron chi connectivity index (χ1n) is 6.89. The molecule has 0 spiro atoms. The maximum Gasteiger partial charge on any atom is 0.238 e. The summed E-state index contributed by atoms with van der Waals surface area (Å²) in [6, 6.07) is 11.6. The van der Waals surface area contributed by atoms with E-state index >= 15 is 0 Å². The molecule has 22 heavy (non-hydrogen) atoms. The van der Waals surface area contributed by atoms with Crippen LogP contribution in [0.4, 0.5) is 10.1 Å². The lowest BCUT2D eigenvalue weighted by Gasteiger charge is -2.09. The van der Waals surface area contributed by atoms with E-state index in [0.29, 0.717) is 5.88 Å². The third-order valence-electron chi connectivity index (χ3n) is 3.43. The molecule has 112 valence electrons. The topological polar surface area (TPSA) is 53.1 Å². The monoisotopic (exact) mass is 297 g/mol. The molecule has 4 nitrogen and oxygen atoms in total. The van der Waals surface area contributed by atoms with Crippen LogP contribution in [-0.2, 0) is 0 Å². The van der Waals surface area contributed by atoms with Gasteiger partial charge in [-0.15, -0.1) is 5.10 Å². The average Bonchev–Trinajstić information content (AvgIpc) is 2.94. The molecule has 0 fully saturated rings. The molecule has 0 amide bonds. The number of nitrogens with zero attached hydrogens (tertiary/aromatic N) is 2. The molecular formula is C17H16FN3O. The van der Waals surface area contributed by atoms with Gasteiger partial charge in [0.25, 0.3) is 0 Å². The molecule has 2 aromatic carbocycles. The molecule has 1 heterocycles. The standard InChI is InChI=1S/C17H16FN3O/c1-11-10-16(12(2)9-15(11)19)22-17-7-8-21(20-17)14-5-3-13(18)4-6-14/h3-10H,19H2,1-2H3. The number of hydrogen-bond acceptors (Lipinski definition) is 3. The summed E-state index contributed by atoms with van der Waals surface area (Å²) < 4.78 is 20.4. The van der Waals surface area contributed by atoms with E-state index in [-0.39, 0.29) is 5.82 Å². The Labute approximate surface area is 128 Å². The smallest absolute Gasteiger partial charge is 0.238 e. The number of halogens is 1. The van der Waals surface area contributed by atoms with Crippen LogP contribution in [0.25, 0.3) is 5.69 Å². The maximum atomic E-state index is 12.9. The molecule has 0 unspecified atom stereocenters. The van der Waals surface area contributed by atoms with Crippen LogP contribution in [0.1, 0.15) is 11.1 Å². The van der Waals surface area contributed by atoms with Gasteiger partial charge in [-0.1, -0.05) is 0 Å². The number of aromatic nitrogens is 2. The predicted octanol–water partition coefficient (Wildman–Crippen LogP) is 4.00. The molecule has 0 radical (unpaired) electrons. The van der Waals surface area contributed by atoms with Crippen molar-refractivity contribution in [1.82, 2.24) is 9.78 Å². The summed E-state index contributed by atoms with van der Waals surface area (Å²) in [5.74, 6) is 0.910. The first-order valence-corrected chi connectivity index (χ1v) is 6.89. The number of aryl methyl sites for hydroxylation is 2. The zero-order valence-electron chi connectivity index (χ0n) is 12.4. The summed E-state index contributed by atoms with van der Waals surface area (Å²) in [4.78, 5) is 0. The van der Waals surface area contributed by atoms with Crippen LogP contribution in [-0.4, -0.2) is 9.78 Å². The van der Waals surface area contributed by atoms with Gasteiger partial charge in [-0.25, -0.2) is 9.07 Å². The van der Waals surface area contributed by atoms with E-state index in [1.807, 2.05) is 26.0 Å². The third-order valence-corrected chi connectivity index (χ3v) is 3.43. The Kier molecular flexibility index (Phi) is 3.55. The van der Waals surface area contributed by atoms with Gasteiger partial charge in [0.1, 0.15) is 11.6 Å². The number of nitrogens with two attached hydrogens (primary N) is 1. The molecule has 0 atom stereocenters. The Balaban J connectivity index is 1.86. The molecule has 0 bridgehead atoms. The highest BCUT2D eigenvalue weighted by atomic mass is 19.1. The zero-order valence-corrected chi connectivity index (χ0v) is 12.4. The second-order valence-corrected chi connectivity index (χ2v) is 5.15. The molecule has 0 aliphatic carbocycles. The minimum atomic E-state index is -0.277. The number of ether oxygens (including phenoxy) is 1. The summed E-state index contributed by atoms with van der Waals surface area (Å²) in [6.45, 7) is 3.86. The van der Waals surface area contributed by atoms with Crippen molar-refractivity contribution < 1.29 is 9.13 Å². The molecule has 3 rings (SSSR count). The third kappa shape index (κ3) is 2.79. The van der Waals surface area contributed by atoms with Gasteiger partial charge >= 0.3 is 0 Å². The Morgan fingerprint density at radius 3 is 2.50 bits per heavy atom. The molecule has 0 saturated heterocycles. The Morgan fingerprint density at radius 2 is 1.77 bits per heavy atom. The fourth-order valence-electron chi connectivity index (χ4n) is 2.13. The Bertz CT molecular complexity index is 809. The van der Waals surface area contributed by atoms with E-state index in [9.17, 15) is 4.39 Å². The van der Waals surface area contributed by atoms with E-state index in [2.05, 4.69) is 5.10 Å². The summed E-state index contributed by atoms with van der Waals surface area (Å²) in [7, 11) is 0. The number of nitrogen functional groups attached to an aromatic ring is 1. The van der Waals surface area contributed by atoms with Crippen LogP contribution in [0.3, 0.4) is 0 Å². The van der Waals surface area contributed by atoms with Crippen LogP contribution >= 0.6 is 0 Å². The first-order chi connectivity index (χ1) is 10.5. The van der Waals surface area contributed by atoms with Gasteiger partial charge in [0.2, 0.25) is 5.88 Å². The van der Waals surface area contributed by atoms with Crippen molar-refractivity contribution in [1.29, 1.82) is 0 Å². The zero-order chi connectivity index (χ0) is 15.7. The fourth-order valence-corrected chi connectivity index (χ4v) is 2.13. The molecule has 0 saturated carbocycles. The number of rotatable bonds is 3. The largest absolute Gasteiger partial charge is 0.437 e. The number of hydrogen-bond donors (Lipinski definition) is 1. The number of anilines is 1. The van der Waals surface area contributed by atoms with E-state index in [0.717, 1.165) is 28.3 Å². The summed E-state index contributed by atoms with van der Waals surface area (Å²) in [6.07, 6.45) is 1.77. The van der Waals surface area contributed by atoms with Gasteiger partial charge in [0.15, 0.2) is 0 Å². The van der Waals surface area contributed by atoms with E-state index in [1.165, 1.54) is 12.1 Å². The van der Waals surface area contributed by atoms with E-state index in [4.69, 9.17) is 10.5 Å². The first kappa shape index (κ1) is 14.1. The minimum absolute atomic E-state index is 0.277. The normalized spacial score (nSPS) is 10.7. The van der Waals surface area contributed by atoms with Crippen molar-refractivity contribution in [2.75, 3.05) is 5.73 Å². The van der Waals surface area contributed by atoms with Gasteiger partial charge in [-0.2, -0.15) is 0 Å². The van der Waals surface area contributed by atoms with Gasteiger partial charge < -0.3 is 10.5 Å². The van der Waals surface area contributed by atoms with Crippen molar-refractivity contribution in [2.45, 2.75) is 13.8 Å². The molecular weight excluding hydrogens is 281 g/mol. The number of benzene rings is 2. The minimum Gasteiger partial charge on any atom is -0.437 e. The van der Waals surface area contributed by atoms with Crippen LogP contribution < -0.4 is 10.5 Å². The predicted molar refractivity (Wildman–Crippen MR) is 83.9 cm³/mol. The molecule has 2 N–H and O–H groups in total. The van der Waals surface area contributed by atoms with Crippen molar-refractivity contribution in [3.8, 4) is 17.3 Å². The van der Waals surface area contributed by atoms with Gasteiger partial charge in [-0.3, -0.25) is 0 Å². The molecule has 3 aromatic rings. The lowest BCUT2D eigenvalue weighted by atomic mass is 10.1. The molecule has 0 aliphatic heterocycles. The van der Waals surface area contributed by atoms with Crippen molar-refractivity contribution in [2.24, 2.45) is 0 Å². The summed E-state index contributed by atoms with van der Waals surface area (Å²) >= 11 is 0. The van der Waals surface area contributed by atoms with Crippen molar-refractivity contribution >= 4 is 5.69 Å². The average molecular weight is 297 g/mol. The van der Waals surface area contributed by atoms with Crippen LogP contribution in [0.15, 0.2) is 48.7 Å². The molecule has 5 heteroatoms. The summed E-state index contributed by atoms with van der Waals surface area (Å²) in [5, 5.41) is 4.34. The second-order valence-electron chi connectivity index (χ2n) is 5.15. The van der Waals surface area contributed by atoms with Crippen molar-refractivity contribution in [3.63, 3.8) is 0 Å². The Morgan fingerprint density at radius 1 is 1.05 bits per heavy atom. The lowest BCUT2D eigenvalue weighted by Crippen LogP contribution is -1.97. The second kappa shape index (κ2) is 5.52. The maximum absolute atomic E-state index is 12.9. The van der Waals surface area contributed by atoms with Crippen LogP contribution in [0.2, 0.25) is 0 Å². The van der Waals surface area contributed by atoms with Gasteiger partial charge in [0, 0.05) is 18.0 Å².